The molecule has 0 atom stereocenters. The zero-order chi connectivity index (χ0) is 8.27. The van der Waals surface area contributed by atoms with Crippen LogP contribution in [0.2, 0.25) is 0 Å². The summed E-state index contributed by atoms with van der Waals surface area (Å²) in [5.74, 6) is 0. The SMILES string of the molecule is O=[N+](O)c1cccc(CO)c1. The molecule has 0 saturated carbocycles. The third kappa shape index (κ3) is 1.75. The van der Waals surface area contributed by atoms with Crippen LogP contribution >= 0.6 is 0 Å². The highest BCUT2D eigenvalue weighted by molar-refractivity contribution is 5.33. The quantitative estimate of drug-likeness (QED) is 0.624. The molecule has 0 aromatic heterocycles. The van der Waals surface area contributed by atoms with E-state index >= 15 is 0 Å². The van der Waals surface area contributed by atoms with Crippen LogP contribution in [0.4, 0.5) is 5.69 Å². The molecule has 0 spiro atoms. The summed E-state index contributed by atoms with van der Waals surface area (Å²) in [6.45, 7) is -0.137. The average molecular weight is 154 g/mol. The van der Waals surface area contributed by atoms with Crippen LogP contribution < -0.4 is 0 Å². The molecule has 4 heteroatoms. The number of rotatable bonds is 2. The fraction of sp³-hybridized carbons (Fsp3) is 0.143. The third-order valence-electron chi connectivity index (χ3n) is 1.31. The molecule has 0 radical (unpaired) electrons. The Morgan fingerprint density at radius 2 is 2.18 bits per heavy atom. The van der Waals surface area contributed by atoms with Crippen molar-refractivity contribution in [2.45, 2.75) is 6.61 Å². The van der Waals surface area contributed by atoms with E-state index in [9.17, 15) is 4.91 Å². The van der Waals surface area contributed by atoms with E-state index in [4.69, 9.17) is 10.3 Å². The molecule has 0 bridgehead atoms. The van der Waals surface area contributed by atoms with Crippen molar-refractivity contribution in [3.05, 3.63) is 34.7 Å². The Kier molecular flexibility index (Phi) is 2.18. The monoisotopic (exact) mass is 154 g/mol. The van der Waals surface area contributed by atoms with Crippen molar-refractivity contribution in [1.82, 2.24) is 0 Å². The van der Waals surface area contributed by atoms with Crippen LogP contribution in [0.5, 0.6) is 0 Å². The molecule has 0 aliphatic heterocycles. The first-order valence-electron chi connectivity index (χ1n) is 3.10. The summed E-state index contributed by atoms with van der Waals surface area (Å²) >= 11 is 0. The molecule has 0 aliphatic carbocycles. The molecule has 2 N–H and O–H groups in total. The van der Waals surface area contributed by atoms with Crippen LogP contribution in [0.25, 0.3) is 0 Å². The summed E-state index contributed by atoms with van der Waals surface area (Å²) in [7, 11) is 0. The fourth-order valence-electron chi connectivity index (χ4n) is 0.774. The second-order valence-electron chi connectivity index (χ2n) is 2.10. The van der Waals surface area contributed by atoms with Gasteiger partial charge in [-0.3, -0.25) is 0 Å². The molecule has 4 nitrogen and oxygen atoms in total. The van der Waals surface area contributed by atoms with E-state index in [1.54, 1.807) is 12.1 Å². The van der Waals surface area contributed by atoms with Gasteiger partial charge in [-0.2, -0.15) is 0 Å². The Balaban J connectivity index is 3.01. The van der Waals surface area contributed by atoms with Crippen molar-refractivity contribution in [2.75, 3.05) is 0 Å². The van der Waals surface area contributed by atoms with Crippen molar-refractivity contribution in [1.29, 1.82) is 0 Å². The number of aliphatic hydroxyl groups excluding tert-OH is 1. The number of hydrogen-bond acceptors (Lipinski definition) is 2. The largest absolute Gasteiger partial charge is 0.392 e. The molecule has 0 unspecified atom stereocenters. The van der Waals surface area contributed by atoms with Crippen LogP contribution in [0.15, 0.2) is 24.3 Å². The van der Waals surface area contributed by atoms with Crippen LogP contribution in [0.1, 0.15) is 5.56 Å². The van der Waals surface area contributed by atoms with Gasteiger partial charge in [-0.15, -0.1) is 0 Å². The second kappa shape index (κ2) is 3.12. The standard InChI is InChI=1S/C7H8NO3/c9-5-6-2-1-3-7(4-6)8(10)11/h1-4,9H,5H2,(H,10,11)/q+1. The molecule has 0 amide bonds. The summed E-state index contributed by atoms with van der Waals surface area (Å²) in [6, 6.07) is 6.11. The normalized spacial score (nSPS) is 9.55. The van der Waals surface area contributed by atoms with Crippen molar-refractivity contribution in [2.24, 2.45) is 0 Å². The van der Waals surface area contributed by atoms with Crippen molar-refractivity contribution in [3.8, 4) is 0 Å². The van der Waals surface area contributed by atoms with Gasteiger partial charge < -0.3 is 5.11 Å². The lowest BCUT2D eigenvalue weighted by Crippen LogP contribution is -1.92. The van der Waals surface area contributed by atoms with Crippen LogP contribution in [0.3, 0.4) is 0 Å². The summed E-state index contributed by atoms with van der Waals surface area (Å²) in [6.07, 6.45) is 0. The van der Waals surface area contributed by atoms with Gasteiger partial charge in [0, 0.05) is 12.1 Å². The maximum atomic E-state index is 10.3. The minimum atomic E-state index is -0.237. The predicted octanol–water partition coefficient (Wildman–Crippen LogP) is 0.978. The maximum Gasteiger partial charge on any atom is 0.316 e. The zero-order valence-corrected chi connectivity index (χ0v) is 5.77. The van der Waals surface area contributed by atoms with Gasteiger partial charge in [0.15, 0.2) is 0 Å². The minimum Gasteiger partial charge on any atom is -0.392 e. The predicted molar refractivity (Wildman–Crippen MR) is 37.4 cm³/mol. The number of aliphatic hydroxyl groups is 1. The summed E-state index contributed by atoms with van der Waals surface area (Å²) < 4.78 is 0. The first-order valence-corrected chi connectivity index (χ1v) is 3.10. The minimum absolute atomic E-state index is 0.122. The zero-order valence-electron chi connectivity index (χ0n) is 5.77. The van der Waals surface area contributed by atoms with Gasteiger partial charge in [-0.25, -0.2) is 5.21 Å². The van der Waals surface area contributed by atoms with E-state index in [2.05, 4.69) is 0 Å². The molecule has 58 valence electrons. The molecule has 1 rings (SSSR count). The molecule has 1 aromatic rings. The number of benzene rings is 1. The molecule has 0 aliphatic rings. The highest BCUT2D eigenvalue weighted by Crippen LogP contribution is 2.11. The number of hydrogen-bond donors (Lipinski definition) is 2. The van der Waals surface area contributed by atoms with Gasteiger partial charge in [0.1, 0.15) is 0 Å². The van der Waals surface area contributed by atoms with E-state index in [-0.39, 0.29) is 17.2 Å². The molecular formula is C7H8NO3+. The van der Waals surface area contributed by atoms with Gasteiger partial charge >= 0.3 is 5.69 Å². The smallest absolute Gasteiger partial charge is 0.316 e. The van der Waals surface area contributed by atoms with E-state index in [1.165, 1.54) is 12.1 Å². The Morgan fingerprint density at radius 1 is 1.45 bits per heavy atom. The van der Waals surface area contributed by atoms with E-state index in [0.717, 1.165) is 0 Å². The Morgan fingerprint density at radius 3 is 2.73 bits per heavy atom. The van der Waals surface area contributed by atoms with Crippen molar-refractivity contribution >= 4 is 5.69 Å². The lowest BCUT2D eigenvalue weighted by molar-refractivity contribution is -0.729. The lowest BCUT2D eigenvalue weighted by atomic mass is 10.2. The molecular weight excluding hydrogens is 146 g/mol. The Labute approximate surface area is 63.2 Å². The highest BCUT2D eigenvalue weighted by Gasteiger charge is 2.09. The van der Waals surface area contributed by atoms with Gasteiger partial charge in [0.2, 0.25) is 0 Å². The molecule has 0 heterocycles. The fourth-order valence-corrected chi connectivity index (χ4v) is 0.774. The number of nitrogens with zero attached hydrogens (tertiary/aromatic N) is 1. The molecule has 11 heavy (non-hydrogen) atoms. The van der Waals surface area contributed by atoms with E-state index in [0.29, 0.717) is 5.56 Å². The summed E-state index contributed by atoms with van der Waals surface area (Å²) in [5.41, 5.74) is 0.717. The van der Waals surface area contributed by atoms with Crippen LogP contribution in [-0.4, -0.2) is 15.2 Å². The summed E-state index contributed by atoms with van der Waals surface area (Å²) in [4.78, 5) is 10.1. The van der Waals surface area contributed by atoms with Crippen molar-refractivity contribution < 1.29 is 15.2 Å². The Bertz CT molecular complexity index is 272. The molecule has 0 fully saturated rings. The maximum absolute atomic E-state index is 10.3. The Hall–Kier alpha value is -1.42. The van der Waals surface area contributed by atoms with E-state index in [1.807, 2.05) is 0 Å². The lowest BCUT2D eigenvalue weighted by Gasteiger charge is -1.90. The van der Waals surface area contributed by atoms with Crippen LogP contribution in [0, 0.1) is 4.91 Å². The first kappa shape index (κ1) is 7.68. The average Bonchev–Trinajstić information content (AvgIpc) is 2.05. The third-order valence-corrected chi connectivity index (χ3v) is 1.31. The highest BCUT2D eigenvalue weighted by atomic mass is 16.6. The summed E-state index contributed by atoms with van der Waals surface area (Å²) in [5, 5.41) is 17.1. The van der Waals surface area contributed by atoms with Gasteiger partial charge in [0.25, 0.3) is 4.92 Å². The van der Waals surface area contributed by atoms with Gasteiger partial charge in [-0.05, 0) is 5.56 Å². The van der Waals surface area contributed by atoms with Gasteiger partial charge in [0.05, 0.1) is 11.5 Å². The van der Waals surface area contributed by atoms with E-state index < -0.39 is 0 Å². The molecule has 0 saturated heterocycles. The topological polar surface area (TPSA) is 60.5 Å². The second-order valence-corrected chi connectivity index (χ2v) is 2.10. The molecule has 1 aromatic carbocycles. The first-order chi connectivity index (χ1) is 5.24. The van der Waals surface area contributed by atoms with Gasteiger partial charge in [-0.1, -0.05) is 12.1 Å². The van der Waals surface area contributed by atoms with Crippen LogP contribution in [-0.2, 0) is 6.61 Å². The van der Waals surface area contributed by atoms with Crippen molar-refractivity contribution in [3.63, 3.8) is 0 Å².